The van der Waals surface area contributed by atoms with Gasteiger partial charge in [0.15, 0.2) is 0 Å². The minimum Gasteiger partial charge on any atom is -0.405 e. The number of para-hydroxylation sites is 1. The van der Waals surface area contributed by atoms with Crippen LogP contribution < -0.4 is 10.1 Å². The van der Waals surface area contributed by atoms with Gasteiger partial charge in [0, 0.05) is 24.5 Å². The summed E-state index contributed by atoms with van der Waals surface area (Å²) in [6, 6.07) is 5.61. The van der Waals surface area contributed by atoms with Gasteiger partial charge in [-0.2, -0.15) is 4.98 Å². The molecule has 1 N–H and O–H groups in total. The van der Waals surface area contributed by atoms with Crippen LogP contribution in [0.2, 0.25) is 0 Å². The Morgan fingerprint density at radius 2 is 1.97 bits per heavy atom. The van der Waals surface area contributed by atoms with Crippen molar-refractivity contribution >= 4 is 11.6 Å². The SMILES string of the molecule is Cc1nc(NCc2ccccc2OC(F)(F)F)nc(-n2ccnc2C)c1[N+](=O)[O-]. The number of benzene rings is 1. The molecule has 2 heterocycles. The van der Waals surface area contributed by atoms with Gasteiger partial charge in [0.05, 0.1) is 4.92 Å². The molecule has 0 aliphatic carbocycles. The Bertz CT molecular complexity index is 1050. The summed E-state index contributed by atoms with van der Waals surface area (Å²) in [5.41, 5.74) is 0.0117. The number of imidazole rings is 1. The van der Waals surface area contributed by atoms with Gasteiger partial charge in [-0.3, -0.25) is 14.7 Å². The predicted molar refractivity (Wildman–Crippen MR) is 95.7 cm³/mol. The van der Waals surface area contributed by atoms with E-state index in [9.17, 15) is 23.3 Å². The number of rotatable bonds is 6. The van der Waals surface area contributed by atoms with E-state index in [1.54, 1.807) is 13.0 Å². The highest BCUT2D eigenvalue weighted by Crippen LogP contribution is 2.28. The number of aryl methyl sites for hydroxylation is 2. The number of nitrogens with one attached hydrogen (secondary N) is 1. The number of anilines is 1. The van der Waals surface area contributed by atoms with Gasteiger partial charge in [-0.25, -0.2) is 9.97 Å². The van der Waals surface area contributed by atoms with E-state index in [0.29, 0.717) is 5.82 Å². The molecule has 3 aromatic rings. The van der Waals surface area contributed by atoms with Gasteiger partial charge in [0.1, 0.15) is 17.3 Å². The van der Waals surface area contributed by atoms with E-state index in [1.807, 2.05) is 0 Å². The van der Waals surface area contributed by atoms with Crippen molar-refractivity contribution in [1.82, 2.24) is 19.5 Å². The van der Waals surface area contributed by atoms with E-state index in [0.717, 1.165) is 0 Å². The lowest BCUT2D eigenvalue weighted by Gasteiger charge is -2.14. The first-order valence-corrected chi connectivity index (χ1v) is 8.26. The molecule has 3 rings (SSSR count). The van der Waals surface area contributed by atoms with Crippen molar-refractivity contribution in [2.24, 2.45) is 0 Å². The number of hydrogen-bond acceptors (Lipinski definition) is 7. The minimum absolute atomic E-state index is 0.000160. The van der Waals surface area contributed by atoms with E-state index in [2.05, 4.69) is 25.0 Å². The normalized spacial score (nSPS) is 11.3. The molecule has 12 heteroatoms. The Kier molecular flexibility index (Phi) is 5.35. The zero-order chi connectivity index (χ0) is 21.2. The second-order valence-corrected chi connectivity index (χ2v) is 5.92. The van der Waals surface area contributed by atoms with Crippen molar-refractivity contribution < 1.29 is 22.8 Å². The van der Waals surface area contributed by atoms with E-state index < -0.39 is 11.3 Å². The number of alkyl halides is 3. The maximum atomic E-state index is 12.6. The molecule has 0 unspecified atom stereocenters. The van der Waals surface area contributed by atoms with E-state index in [1.165, 1.54) is 42.1 Å². The first-order chi connectivity index (χ1) is 13.7. The molecule has 9 nitrogen and oxygen atoms in total. The maximum absolute atomic E-state index is 12.6. The molecule has 29 heavy (non-hydrogen) atoms. The second kappa shape index (κ2) is 7.73. The topological polar surface area (TPSA) is 108 Å². The lowest BCUT2D eigenvalue weighted by molar-refractivity contribution is -0.385. The maximum Gasteiger partial charge on any atom is 0.573 e. The highest BCUT2D eigenvalue weighted by molar-refractivity contribution is 5.54. The lowest BCUT2D eigenvalue weighted by Crippen LogP contribution is -2.19. The molecule has 0 radical (unpaired) electrons. The smallest absolute Gasteiger partial charge is 0.405 e. The third kappa shape index (κ3) is 4.59. The van der Waals surface area contributed by atoms with Crippen molar-refractivity contribution in [3.8, 4) is 11.6 Å². The Morgan fingerprint density at radius 1 is 1.24 bits per heavy atom. The fourth-order valence-electron chi connectivity index (χ4n) is 2.66. The summed E-state index contributed by atoms with van der Waals surface area (Å²) >= 11 is 0. The molecular weight excluding hydrogens is 393 g/mol. The number of nitrogens with zero attached hydrogens (tertiary/aromatic N) is 5. The Hall–Kier alpha value is -3.70. The predicted octanol–water partition coefficient (Wildman–Crippen LogP) is 3.70. The lowest BCUT2D eigenvalue weighted by atomic mass is 10.2. The summed E-state index contributed by atoms with van der Waals surface area (Å²) in [5, 5.41) is 14.3. The van der Waals surface area contributed by atoms with Crippen LogP contribution in [0.25, 0.3) is 5.82 Å². The van der Waals surface area contributed by atoms with Gasteiger partial charge in [-0.1, -0.05) is 18.2 Å². The van der Waals surface area contributed by atoms with Crippen molar-refractivity contribution in [2.45, 2.75) is 26.8 Å². The third-order valence-electron chi connectivity index (χ3n) is 3.91. The number of halogens is 3. The fraction of sp³-hybridized carbons (Fsp3) is 0.235. The van der Waals surface area contributed by atoms with Gasteiger partial charge in [0.2, 0.25) is 11.8 Å². The summed E-state index contributed by atoms with van der Waals surface area (Å²) in [5.74, 6) is 0.121. The molecule has 0 atom stereocenters. The quantitative estimate of drug-likeness (QED) is 0.489. The Morgan fingerprint density at radius 3 is 2.59 bits per heavy atom. The van der Waals surface area contributed by atoms with Gasteiger partial charge >= 0.3 is 12.0 Å². The standard InChI is InChI=1S/C17H15F3N6O3/c1-10-14(26(27)28)15(25-8-7-21-11(25)2)24-16(23-10)22-9-12-5-3-4-6-13(12)29-17(18,19)20/h3-8H,9H2,1-2H3,(H,22,23,24). The first-order valence-electron chi connectivity index (χ1n) is 8.26. The summed E-state index contributed by atoms with van der Waals surface area (Å²) < 4.78 is 43.1. The summed E-state index contributed by atoms with van der Waals surface area (Å²) in [4.78, 5) is 23.1. The van der Waals surface area contributed by atoms with Crippen LogP contribution in [0.5, 0.6) is 5.75 Å². The average Bonchev–Trinajstić information content (AvgIpc) is 3.04. The van der Waals surface area contributed by atoms with E-state index in [4.69, 9.17) is 0 Å². The monoisotopic (exact) mass is 408 g/mol. The minimum atomic E-state index is -4.83. The van der Waals surface area contributed by atoms with Gasteiger partial charge in [-0.05, 0) is 19.9 Å². The number of ether oxygens (including phenoxy) is 1. The van der Waals surface area contributed by atoms with Gasteiger partial charge in [0.25, 0.3) is 0 Å². The molecule has 0 saturated heterocycles. The van der Waals surface area contributed by atoms with Crippen LogP contribution in [0.1, 0.15) is 17.1 Å². The molecule has 1 aromatic carbocycles. The van der Waals surface area contributed by atoms with Crippen LogP contribution in [0, 0.1) is 24.0 Å². The summed E-state index contributed by atoms with van der Waals surface area (Å²) in [6.45, 7) is 3.01. The zero-order valence-electron chi connectivity index (χ0n) is 15.3. The number of nitro groups is 1. The average molecular weight is 408 g/mol. The van der Waals surface area contributed by atoms with Crippen molar-refractivity contribution in [1.29, 1.82) is 0 Å². The molecule has 0 amide bonds. The summed E-state index contributed by atoms with van der Waals surface area (Å²) in [7, 11) is 0. The number of aromatic nitrogens is 4. The van der Waals surface area contributed by atoms with E-state index >= 15 is 0 Å². The summed E-state index contributed by atoms with van der Waals surface area (Å²) in [6.07, 6.45) is -1.85. The molecule has 0 aliphatic heterocycles. The van der Waals surface area contributed by atoms with Crippen LogP contribution in [0.3, 0.4) is 0 Å². The van der Waals surface area contributed by atoms with Gasteiger partial charge < -0.3 is 10.1 Å². The van der Waals surface area contributed by atoms with Crippen LogP contribution in [-0.4, -0.2) is 30.8 Å². The van der Waals surface area contributed by atoms with Crippen molar-refractivity contribution in [2.75, 3.05) is 5.32 Å². The van der Waals surface area contributed by atoms with Crippen LogP contribution in [0.4, 0.5) is 24.8 Å². The molecule has 0 bridgehead atoms. The first kappa shape index (κ1) is 20.0. The second-order valence-electron chi connectivity index (χ2n) is 5.92. The molecule has 0 fully saturated rings. The molecule has 2 aromatic heterocycles. The largest absolute Gasteiger partial charge is 0.573 e. The third-order valence-corrected chi connectivity index (χ3v) is 3.91. The molecule has 0 spiro atoms. The van der Waals surface area contributed by atoms with Crippen molar-refractivity contribution in [3.63, 3.8) is 0 Å². The van der Waals surface area contributed by atoms with Crippen LogP contribution in [-0.2, 0) is 6.54 Å². The Labute approximate surface area is 162 Å². The zero-order valence-corrected chi connectivity index (χ0v) is 15.3. The molecule has 152 valence electrons. The molecule has 0 aliphatic rings. The highest BCUT2D eigenvalue weighted by atomic mass is 19.4. The molecule has 0 saturated carbocycles. The Balaban J connectivity index is 1.93. The fourth-order valence-corrected chi connectivity index (χ4v) is 2.66. The van der Waals surface area contributed by atoms with Gasteiger partial charge in [-0.15, -0.1) is 13.2 Å². The van der Waals surface area contributed by atoms with E-state index in [-0.39, 0.29) is 41.0 Å². The van der Waals surface area contributed by atoms with Crippen molar-refractivity contribution in [3.05, 3.63) is 63.9 Å². The van der Waals surface area contributed by atoms with Crippen LogP contribution in [0.15, 0.2) is 36.7 Å². The van der Waals surface area contributed by atoms with Crippen LogP contribution >= 0.6 is 0 Å². The number of hydrogen-bond donors (Lipinski definition) is 1. The highest BCUT2D eigenvalue weighted by Gasteiger charge is 2.32. The molecular formula is C17H15F3N6O3.